The highest BCUT2D eigenvalue weighted by molar-refractivity contribution is 7.18. The van der Waals surface area contributed by atoms with Crippen LogP contribution >= 0.6 is 11.3 Å². The van der Waals surface area contributed by atoms with Gasteiger partial charge in [0.1, 0.15) is 11.6 Å². The van der Waals surface area contributed by atoms with Crippen LogP contribution in [0.4, 0.5) is 15.3 Å². The minimum absolute atomic E-state index is 0.229. The number of hydrogen-bond donors (Lipinski definition) is 1. The number of piperidine rings is 1. The van der Waals surface area contributed by atoms with Gasteiger partial charge in [0.15, 0.2) is 5.13 Å². The van der Waals surface area contributed by atoms with E-state index in [4.69, 9.17) is 0 Å². The molecule has 140 valence electrons. The second kappa shape index (κ2) is 8.15. The van der Waals surface area contributed by atoms with Crippen LogP contribution in [0, 0.1) is 11.7 Å². The number of halogens is 1. The van der Waals surface area contributed by atoms with Gasteiger partial charge >= 0.3 is 0 Å². The van der Waals surface area contributed by atoms with Crippen molar-refractivity contribution in [3.63, 3.8) is 0 Å². The third kappa shape index (κ3) is 4.70. The second-order valence-corrected chi connectivity index (χ2v) is 8.19. The molecule has 3 heterocycles. The first-order valence-electron chi connectivity index (χ1n) is 9.28. The molecular weight excluding hydrogens is 359 g/mol. The lowest BCUT2D eigenvalue weighted by molar-refractivity contribution is 0.219. The molecule has 1 N–H and O–H groups in total. The first-order chi connectivity index (χ1) is 13.2. The van der Waals surface area contributed by atoms with Gasteiger partial charge in [-0.05, 0) is 80.7 Å². The first-order valence-corrected chi connectivity index (χ1v) is 10.1. The summed E-state index contributed by atoms with van der Waals surface area (Å²) in [6.07, 6.45) is 7.29. The predicted octanol–water partition coefficient (Wildman–Crippen LogP) is 4.97. The average Bonchev–Trinajstić information content (AvgIpc) is 3.13. The van der Waals surface area contributed by atoms with Crippen molar-refractivity contribution in [2.75, 3.05) is 25.5 Å². The molecule has 0 aliphatic carbocycles. The van der Waals surface area contributed by atoms with Gasteiger partial charge in [-0.2, -0.15) is 0 Å². The lowest BCUT2D eigenvalue weighted by Crippen LogP contribution is -2.30. The fourth-order valence-electron chi connectivity index (χ4n) is 3.46. The monoisotopic (exact) mass is 382 g/mol. The fourth-order valence-corrected chi connectivity index (χ4v) is 4.29. The van der Waals surface area contributed by atoms with E-state index >= 15 is 0 Å². The van der Waals surface area contributed by atoms with Crippen LogP contribution in [0.5, 0.6) is 0 Å². The smallest absolute Gasteiger partial charge is 0.188 e. The minimum Gasteiger partial charge on any atom is -0.316 e. The van der Waals surface area contributed by atoms with Crippen LogP contribution in [-0.2, 0) is 6.42 Å². The van der Waals surface area contributed by atoms with Gasteiger partial charge < -0.3 is 10.2 Å². The molecule has 1 fully saturated rings. The number of rotatable bonds is 5. The third-order valence-corrected chi connectivity index (χ3v) is 6.02. The van der Waals surface area contributed by atoms with E-state index in [0.717, 1.165) is 33.7 Å². The number of benzene rings is 1. The van der Waals surface area contributed by atoms with Gasteiger partial charge in [-0.3, -0.25) is 0 Å². The summed E-state index contributed by atoms with van der Waals surface area (Å²) in [5.41, 5.74) is 2.28. The van der Waals surface area contributed by atoms with E-state index in [0.29, 0.717) is 0 Å². The maximum Gasteiger partial charge on any atom is 0.188 e. The molecule has 6 heteroatoms. The SMILES string of the molecule is CN1CCC(Cc2ccnc(Nc3ncc(-c4ccc(F)cc4)s3)c2)CC1. The number of anilines is 2. The first kappa shape index (κ1) is 18.1. The third-order valence-electron chi connectivity index (χ3n) is 5.06. The van der Waals surface area contributed by atoms with E-state index in [-0.39, 0.29) is 5.82 Å². The zero-order valence-corrected chi connectivity index (χ0v) is 16.2. The van der Waals surface area contributed by atoms with E-state index in [2.05, 4.69) is 39.4 Å². The molecule has 0 radical (unpaired) electrons. The van der Waals surface area contributed by atoms with Crippen molar-refractivity contribution in [1.29, 1.82) is 0 Å². The molecule has 3 aromatic rings. The standard InChI is InChI=1S/C21H23FN4S/c1-26-10-7-15(8-11-26)12-16-6-9-23-20(13-16)25-21-24-14-19(27-21)17-2-4-18(22)5-3-17/h2-6,9,13-15H,7-8,10-12H2,1H3,(H,23,24,25). The molecule has 0 amide bonds. The molecule has 0 unspecified atom stereocenters. The average molecular weight is 383 g/mol. The van der Waals surface area contributed by atoms with Crippen molar-refractivity contribution < 1.29 is 4.39 Å². The zero-order valence-electron chi connectivity index (χ0n) is 15.4. The summed E-state index contributed by atoms with van der Waals surface area (Å²) in [4.78, 5) is 12.3. The van der Waals surface area contributed by atoms with Gasteiger partial charge in [-0.1, -0.05) is 23.5 Å². The number of aromatic nitrogens is 2. The largest absolute Gasteiger partial charge is 0.316 e. The topological polar surface area (TPSA) is 41.1 Å². The molecule has 2 aromatic heterocycles. The normalized spacial score (nSPS) is 15.8. The van der Waals surface area contributed by atoms with Gasteiger partial charge in [0.05, 0.1) is 4.88 Å². The molecule has 0 spiro atoms. The Labute approximate surface area is 163 Å². The maximum atomic E-state index is 13.1. The van der Waals surface area contributed by atoms with Crippen molar-refractivity contribution in [2.24, 2.45) is 5.92 Å². The molecule has 1 aliphatic rings. The van der Waals surface area contributed by atoms with E-state index in [1.54, 1.807) is 12.1 Å². The summed E-state index contributed by atoms with van der Waals surface area (Å²) in [7, 11) is 2.19. The Morgan fingerprint density at radius 3 is 2.70 bits per heavy atom. The quantitative estimate of drug-likeness (QED) is 0.676. The number of pyridine rings is 1. The van der Waals surface area contributed by atoms with Crippen LogP contribution in [0.3, 0.4) is 0 Å². The molecular formula is C21H23FN4S. The van der Waals surface area contributed by atoms with Crippen LogP contribution in [0.15, 0.2) is 48.8 Å². The van der Waals surface area contributed by atoms with Crippen LogP contribution < -0.4 is 5.32 Å². The highest BCUT2D eigenvalue weighted by Gasteiger charge is 2.17. The predicted molar refractivity (Wildman–Crippen MR) is 109 cm³/mol. The highest BCUT2D eigenvalue weighted by Crippen LogP contribution is 2.30. The maximum absolute atomic E-state index is 13.1. The summed E-state index contributed by atoms with van der Waals surface area (Å²) < 4.78 is 13.1. The summed E-state index contributed by atoms with van der Waals surface area (Å²) in [5, 5.41) is 4.09. The molecule has 1 aliphatic heterocycles. The zero-order chi connectivity index (χ0) is 18.6. The van der Waals surface area contributed by atoms with Crippen molar-refractivity contribution >= 4 is 22.3 Å². The van der Waals surface area contributed by atoms with E-state index in [1.807, 2.05) is 12.4 Å². The summed E-state index contributed by atoms with van der Waals surface area (Å²) in [6.45, 7) is 2.37. The van der Waals surface area contributed by atoms with Crippen molar-refractivity contribution in [3.8, 4) is 10.4 Å². The van der Waals surface area contributed by atoms with Crippen molar-refractivity contribution in [3.05, 3.63) is 60.2 Å². The van der Waals surface area contributed by atoms with Gasteiger partial charge in [0.2, 0.25) is 0 Å². The Morgan fingerprint density at radius 1 is 1.15 bits per heavy atom. The summed E-state index contributed by atoms with van der Waals surface area (Å²) in [5.74, 6) is 1.34. The lowest BCUT2D eigenvalue weighted by atomic mass is 9.91. The Morgan fingerprint density at radius 2 is 1.93 bits per heavy atom. The number of likely N-dealkylation sites (tertiary alicyclic amines) is 1. The Bertz CT molecular complexity index is 885. The molecule has 27 heavy (non-hydrogen) atoms. The summed E-state index contributed by atoms with van der Waals surface area (Å²) in [6, 6.07) is 10.7. The number of nitrogens with zero attached hydrogens (tertiary/aromatic N) is 3. The van der Waals surface area contributed by atoms with Gasteiger partial charge in [-0.15, -0.1) is 0 Å². The van der Waals surface area contributed by atoms with E-state index < -0.39 is 0 Å². The molecule has 4 nitrogen and oxygen atoms in total. The highest BCUT2D eigenvalue weighted by atomic mass is 32.1. The molecule has 4 rings (SSSR count). The van der Waals surface area contributed by atoms with Crippen LogP contribution in [0.1, 0.15) is 18.4 Å². The lowest BCUT2D eigenvalue weighted by Gasteiger charge is -2.28. The second-order valence-electron chi connectivity index (χ2n) is 7.16. The number of thiazole rings is 1. The van der Waals surface area contributed by atoms with Crippen LogP contribution in [0.25, 0.3) is 10.4 Å². The van der Waals surface area contributed by atoms with Gasteiger partial charge in [-0.25, -0.2) is 14.4 Å². The van der Waals surface area contributed by atoms with Crippen LogP contribution in [-0.4, -0.2) is 35.0 Å². The van der Waals surface area contributed by atoms with Gasteiger partial charge in [0.25, 0.3) is 0 Å². The minimum atomic E-state index is -0.229. The van der Waals surface area contributed by atoms with Crippen molar-refractivity contribution in [1.82, 2.24) is 14.9 Å². The Balaban J connectivity index is 1.42. The summed E-state index contributed by atoms with van der Waals surface area (Å²) >= 11 is 1.54. The van der Waals surface area contributed by atoms with Gasteiger partial charge in [0, 0.05) is 12.4 Å². The molecule has 1 saturated heterocycles. The molecule has 0 bridgehead atoms. The fraction of sp³-hybridized carbons (Fsp3) is 0.333. The Hall–Kier alpha value is -2.31. The molecule has 0 saturated carbocycles. The molecule has 1 aromatic carbocycles. The van der Waals surface area contributed by atoms with E-state index in [9.17, 15) is 4.39 Å². The van der Waals surface area contributed by atoms with E-state index in [1.165, 1.54) is 55.0 Å². The molecule has 0 atom stereocenters. The number of hydrogen-bond acceptors (Lipinski definition) is 5. The number of nitrogens with one attached hydrogen (secondary N) is 1. The van der Waals surface area contributed by atoms with Crippen molar-refractivity contribution in [2.45, 2.75) is 19.3 Å². The Kier molecular flexibility index (Phi) is 5.45. The van der Waals surface area contributed by atoms with Crippen LogP contribution in [0.2, 0.25) is 0 Å².